The summed E-state index contributed by atoms with van der Waals surface area (Å²) in [6.07, 6.45) is 0.874. The lowest BCUT2D eigenvalue weighted by Gasteiger charge is -2.34. The minimum Gasteiger partial charge on any atom is -0.352 e. The molecule has 11 heteroatoms. The van der Waals surface area contributed by atoms with Crippen LogP contribution in [0.15, 0.2) is 102 Å². The second-order valence-electron chi connectivity index (χ2n) is 11.1. The van der Waals surface area contributed by atoms with Crippen LogP contribution in [0.5, 0.6) is 0 Å². The molecular formula is C35H36Cl3N3O4S. The molecule has 242 valence electrons. The second kappa shape index (κ2) is 15.8. The topological polar surface area (TPSA) is 86.8 Å². The van der Waals surface area contributed by atoms with Crippen molar-refractivity contribution in [3.63, 3.8) is 0 Å². The first-order valence-electron chi connectivity index (χ1n) is 14.8. The molecule has 2 amide bonds. The van der Waals surface area contributed by atoms with E-state index in [2.05, 4.69) is 5.32 Å². The molecule has 0 bridgehead atoms. The zero-order valence-electron chi connectivity index (χ0n) is 25.8. The van der Waals surface area contributed by atoms with Crippen molar-refractivity contribution >= 4 is 62.3 Å². The standard InChI is InChI=1S/C35H36Cl3N3O4S/c1-4-25(3)39-35(43)33(20-26-10-6-5-7-11-26)40(22-27-12-8-9-13-30(27)36)34(42)23-41(28-16-19-31(37)32(38)21-28)46(44,45)29-17-14-24(2)15-18-29/h5-19,21,25,33H,4,20,22-23H2,1-3H3,(H,39,43). The Kier molecular flexibility index (Phi) is 12.1. The maximum absolute atomic E-state index is 14.6. The number of halogens is 3. The van der Waals surface area contributed by atoms with Crippen LogP contribution < -0.4 is 9.62 Å². The molecule has 0 heterocycles. The Morgan fingerprint density at radius 1 is 0.826 bits per heavy atom. The van der Waals surface area contributed by atoms with Crippen LogP contribution in [0.4, 0.5) is 5.69 Å². The van der Waals surface area contributed by atoms with E-state index in [0.29, 0.717) is 17.0 Å². The van der Waals surface area contributed by atoms with E-state index in [1.807, 2.05) is 51.1 Å². The minimum atomic E-state index is -4.28. The van der Waals surface area contributed by atoms with Gasteiger partial charge in [-0.05, 0) is 67.8 Å². The quantitative estimate of drug-likeness (QED) is 0.155. The van der Waals surface area contributed by atoms with Crippen LogP contribution >= 0.6 is 34.8 Å². The Morgan fingerprint density at radius 3 is 2.11 bits per heavy atom. The molecular weight excluding hydrogens is 665 g/mol. The number of hydrogen-bond acceptors (Lipinski definition) is 4. The van der Waals surface area contributed by atoms with E-state index < -0.39 is 28.5 Å². The number of anilines is 1. The molecule has 0 aromatic heterocycles. The van der Waals surface area contributed by atoms with E-state index in [1.54, 1.807) is 36.4 Å². The smallest absolute Gasteiger partial charge is 0.264 e. The van der Waals surface area contributed by atoms with E-state index in [1.165, 1.54) is 35.2 Å². The highest BCUT2D eigenvalue weighted by Gasteiger charge is 2.35. The molecule has 0 fully saturated rings. The predicted octanol–water partition coefficient (Wildman–Crippen LogP) is 7.71. The zero-order chi connectivity index (χ0) is 33.4. The van der Waals surface area contributed by atoms with Gasteiger partial charge in [0.05, 0.1) is 20.6 Å². The third-order valence-corrected chi connectivity index (χ3v) is 10.5. The number of carbonyl (C=O) groups is 2. The lowest BCUT2D eigenvalue weighted by atomic mass is 10.0. The van der Waals surface area contributed by atoms with Crippen molar-refractivity contribution in [3.05, 3.63) is 129 Å². The van der Waals surface area contributed by atoms with Gasteiger partial charge >= 0.3 is 0 Å². The van der Waals surface area contributed by atoms with Gasteiger partial charge in [-0.2, -0.15) is 0 Å². The number of amides is 2. The Morgan fingerprint density at radius 2 is 1.48 bits per heavy atom. The van der Waals surface area contributed by atoms with Gasteiger partial charge in [-0.3, -0.25) is 13.9 Å². The maximum Gasteiger partial charge on any atom is 0.264 e. The van der Waals surface area contributed by atoms with E-state index in [-0.39, 0.29) is 45.5 Å². The van der Waals surface area contributed by atoms with Gasteiger partial charge in [0.1, 0.15) is 12.6 Å². The molecule has 4 aromatic rings. The fourth-order valence-electron chi connectivity index (χ4n) is 4.81. The third-order valence-electron chi connectivity index (χ3n) is 7.65. The van der Waals surface area contributed by atoms with Crippen molar-refractivity contribution in [3.8, 4) is 0 Å². The molecule has 1 N–H and O–H groups in total. The summed E-state index contributed by atoms with van der Waals surface area (Å²) in [7, 11) is -4.28. The monoisotopic (exact) mass is 699 g/mol. The summed E-state index contributed by atoms with van der Waals surface area (Å²) in [5.41, 5.74) is 2.45. The van der Waals surface area contributed by atoms with Crippen molar-refractivity contribution in [1.82, 2.24) is 10.2 Å². The van der Waals surface area contributed by atoms with E-state index >= 15 is 0 Å². The van der Waals surface area contributed by atoms with Crippen LogP contribution in [0.25, 0.3) is 0 Å². The van der Waals surface area contributed by atoms with Crippen molar-refractivity contribution < 1.29 is 18.0 Å². The molecule has 2 atom stereocenters. The van der Waals surface area contributed by atoms with Crippen LogP contribution in [0.1, 0.15) is 37.0 Å². The summed E-state index contributed by atoms with van der Waals surface area (Å²) in [4.78, 5) is 29.9. The summed E-state index contributed by atoms with van der Waals surface area (Å²) in [5.74, 6) is -0.969. The molecule has 0 saturated carbocycles. The number of nitrogens with one attached hydrogen (secondary N) is 1. The van der Waals surface area contributed by atoms with Crippen LogP contribution in [0.3, 0.4) is 0 Å². The second-order valence-corrected chi connectivity index (χ2v) is 14.1. The number of benzene rings is 4. The van der Waals surface area contributed by atoms with E-state index in [9.17, 15) is 18.0 Å². The fourth-order valence-corrected chi connectivity index (χ4v) is 6.71. The highest BCUT2D eigenvalue weighted by atomic mass is 35.5. The normalized spacial score (nSPS) is 12.7. The number of hydrogen-bond donors (Lipinski definition) is 1. The molecule has 0 aliphatic heterocycles. The van der Waals surface area contributed by atoms with Crippen LogP contribution in [0.2, 0.25) is 15.1 Å². The molecule has 0 saturated heterocycles. The molecule has 7 nitrogen and oxygen atoms in total. The summed E-state index contributed by atoms with van der Waals surface area (Å²) >= 11 is 19.0. The summed E-state index contributed by atoms with van der Waals surface area (Å²) < 4.78 is 29.3. The van der Waals surface area contributed by atoms with Crippen LogP contribution in [-0.4, -0.2) is 43.8 Å². The van der Waals surface area contributed by atoms with E-state index in [4.69, 9.17) is 34.8 Å². The van der Waals surface area contributed by atoms with E-state index in [0.717, 1.165) is 15.4 Å². The lowest BCUT2D eigenvalue weighted by molar-refractivity contribution is -0.140. The first kappa shape index (κ1) is 35.3. The van der Waals surface area contributed by atoms with Gasteiger partial charge < -0.3 is 10.2 Å². The minimum absolute atomic E-state index is 0.00928. The first-order chi connectivity index (χ1) is 21.9. The van der Waals surface area contributed by atoms with Gasteiger partial charge in [-0.25, -0.2) is 8.42 Å². The Hall–Kier alpha value is -3.56. The highest BCUT2D eigenvalue weighted by molar-refractivity contribution is 7.92. The SMILES string of the molecule is CCC(C)NC(=O)C(Cc1ccccc1)N(Cc1ccccc1Cl)C(=O)CN(c1ccc(Cl)c(Cl)c1)S(=O)(=O)c1ccc(C)cc1. The van der Waals surface area contributed by atoms with Gasteiger partial charge in [0.25, 0.3) is 10.0 Å². The Labute approximate surface area is 286 Å². The molecule has 4 rings (SSSR count). The molecule has 0 aliphatic rings. The average molecular weight is 701 g/mol. The third kappa shape index (κ3) is 8.82. The number of rotatable bonds is 13. The first-order valence-corrected chi connectivity index (χ1v) is 17.4. The Balaban J connectivity index is 1.83. The van der Waals surface area contributed by atoms with Crippen molar-refractivity contribution in [1.29, 1.82) is 0 Å². The summed E-state index contributed by atoms with van der Waals surface area (Å²) in [6.45, 7) is 5.03. The Bertz CT molecular complexity index is 1770. The van der Waals surface area contributed by atoms with Crippen molar-refractivity contribution in [2.75, 3.05) is 10.8 Å². The summed E-state index contributed by atoms with van der Waals surface area (Å²) in [6, 6.07) is 25.9. The lowest BCUT2D eigenvalue weighted by Crippen LogP contribution is -2.54. The maximum atomic E-state index is 14.6. The fraction of sp³-hybridized carbons (Fsp3) is 0.257. The molecule has 2 unspecified atom stereocenters. The van der Waals surface area contributed by atoms with Gasteiger partial charge in [0.2, 0.25) is 11.8 Å². The summed E-state index contributed by atoms with van der Waals surface area (Å²) in [5, 5.41) is 3.78. The highest BCUT2D eigenvalue weighted by Crippen LogP contribution is 2.31. The van der Waals surface area contributed by atoms with Gasteiger partial charge in [0.15, 0.2) is 0 Å². The van der Waals surface area contributed by atoms with Gasteiger partial charge in [0, 0.05) is 24.0 Å². The molecule has 46 heavy (non-hydrogen) atoms. The van der Waals surface area contributed by atoms with Crippen molar-refractivity contribution in [2.24, 2.45) is 0 Å². The van der Waals surface area contributed by atoms with Crippen LogP contribution in [-0.2, 0) is 32.6 Å². The number of sulfonamides is 1. The molecule has 0 spiro atoms. The van der Waals surface area contributed by atoms with Crippen molar-refractivity contribution in [2.45, 2.75) is 57.1 Å². The zero-order valence-corrected chi connectivity index (χ0v) is 28.9. The van der Waals surface area contributed by atoms with Gasteiger partial charge in [-0.1, -0.05) is 108 Å². The molecule has 0 aliphatic carbocycles. The average Bonchev–Trinajstić information content (AvgIpc) is 3.04. The predicted molar refractivity (Wildman–Crippen MR) is 186 cm³/mol. The largest absolute Gasteiger partial charge is 0.352 e. The van der Waals surface area contributed by atoms with Gasteiger partial charge in [-0.15, -0.1) is 0 Å². The van der Waals surface area contributed by atoms with Crippen LogP contribution in [0, 0.1) is 6.92 Å². The number of aryl methyl sites for hydroxylation is 1. The molecule has 4 aromatic carbocycles. The number of carbonyl (C=O) groups excluding carboxylic acids is 2. The number of nitrogens with zero attached hydrogens (tertiary/aromatic N) is 2. The molecule has 0 radical (unpaired) electrons.